The Balaban J connectivity index is 0.00000280. The Morgan fingerprint density at radius 1 is 0.676 bits per heavy atom. The van der Waals surface area contributed by atoms with Crippen LogP contribution in [0.4, 0.5) is 10.1 Å². The first-order valence-electron chi connectivity index (χ1n) is 11.5. The second-order valence-corrected chi connectivity index (χ2v) is 8.58. The van der Waals surface area contributed by atoms with Gasteiger partial charge in [-0.25, -0.2) is 9.24 Å². The first-order chi connectivity index (χ1) is 17.7. The molecule has 0 unspecified atom stereocenters. The van der Waals surface area contributed by atoms with Crippen molar-refractivity contribution in [2.24, 2.45) is 0 Å². The number of fused-ring (bicyclic) bond motifs is 3. The van der Waals surface area contributed by atoms with Crippen molar-refractivity contribution in [3.05, 3.63) is 132 Å². The van der Waals surface area contributed by atoms with E-state index in [9.17, 15) is 9.65 Å². The monoisotopic (exact) mass is 479 g/mol. The maximum Gasteiger partial charge on any atom is 0.225 e. The van der Waals surface area contributed by atoms with Crippen LogP contribution in [0, 0.1) is 23.7 Å². The van der Waals surface area contributed by atoms with Crippen LogP contribution >= 0.6 is 0 Å². The number of hydrogen-bond acceptors (Lipinski definition) is 1. The summed E-state index contributed by atoms with van der Waals surface area (Å²) in [6.07, 6.45) is 0. The number of halogens is 1. The van der Waals surface area contributed by atoms with E-state index in [2.05, 4.69) is 53.4 Å². The van der Waals surface area contributed by atoms with Crippen LogP contribution < -0.4 is 0 Å². The second-order valence-electron chi connectivity index (χ2n) is 8.58. The molecule has 0 fully saturated rings. The highest BCUT2D eigenvalue weighted by atomic mass is 19.1. The third kappa shape index (κ3) is 3.92. The van der Waals surface area contributed by atoms with Crippen LogP contribution in [0.2, 0.25) is 0 Å². The number of aromatic nitrogens is 1. The summed E-state index contributed by atoms with van der Waals surface area (Å²) < 4.78 is 16.6. The second kappa shape index (κ2) is 9.46. The highest BCUT2D eigenvalue weighted by molar-refractivity contribution is 6.11. The lowest BCUT2D eigenvalue weighted by Gasteiger charge is -2.11. The third-order valence-electron chi connectivity index (χ3n) is 6.52. The van der Waals surface area contributed by atoms with Crippen LogP contribution in [0.3, 0.4) is 0 Å². The molecule has 0 atom stereocenters. The molecule has 37 heavy (non-hydrogen) atoms. The van der Waals surface area contributed by atoms with Gasteiger partial charge < -0.3 is 4.57 Å². The summed E-state index contributed by atoms with van der Waals surface area (Å²) in [5.41, 5.74) is 6.52. The van der Waals surface area contributed by atoms with Crippen LogP contribution in [0.5, 0.6) is 0 Å². The molecule has 1 heterocycles. The van der Waals surface area contributed by atoms with Crippen LogP contribution in [0.15, 0.2) is 109 Å². The zero-order valence-corrected chi connectivity index (χ0v) is 19.1. The SMILES string of the molecule is C.[C-]#[N+]c1cc(-n2c3ccc(-c4ccccc4)cc3c3cc(-c4ccccc4)ccc32)cc(C#N)c1F. The molecule has 5 aromatic carbocycles. The average molecular weight is 480 g/mol. The van der Waals surface area contributed by atoms with Gasteiger partial charge in [0, 0.05) is 16.5 Å². The molecule has 0 amide bonds. The van der Waals surface area contributed by atoms with Gasteiger partial charge in [0.2, 0.25) is 5.69 Å². The number of benzene rings is 5. The van der Waals surface area contributed by atoms with Crippen molar-refractivity contribution in [3.63, 3.8) is 0 Å². The molecule has 3 nitrogen and oxygen atoms in total. The summed E-state index contributed by atoms with van der Waals surface area (Å²) in [4.78, 5) is 3.33. The van der Waals surface area contributed by atoms with Gasteiger partial charge in [-0.15, -0.1) is 0 Å². The predicted octanol–water partition coefficient (Wildman–Crippen LogP) is 9.32. The molecule has 0 spiro atoms. The fraction of sp³-hybridized carbons (Fsp3) is 0.0303. The number of nitriles is 1. The fourth-order valence-corrected chi connectivity index (χ4v) is 4.81. The van der Waals surface area contributed by atoms with Gasteiger partial charge in [0.05, 0.1) is 23.2 Å². The van der Waals surface area contributed by atoms with E-state index in [1.807, 2.05) is 59.2 Å². The van der Waals surface area contributed by atoms with Crippen molar-refractivity contribution >= 4 is 27.5 Å². The van der Waals surface area contributed by atoms with Crippen LogP contribution in [-0.4, -0.2) is 4.57 Å². The number of nitrogens with zero attached hydrogens (tertiary/aromatic N) is 3. The molecule has 0 saturated heterocycles. The molecule has 176 valence electrons. The predicted molar refractivity (Wildman–Crippen MR) is 149 cm³/mol. The molecule has 0 radical (unpaired) electrons. The van der Waals surface area contributed by atoms with Crippen molar-refractivity contribution in [1.29, 1.82) is 5.26 Å². The van der Waals surface area contributed by atoms with Crippen molar-refractivity contribution < 1.29 is 4.39 Å². The van der Waals surface area contributed by atoms with Crippen molar-refractivity contribution in [2.45, 2.75) is 7.43 Å². The van der Waals surface area contributed by atoms with Gasteiger partial charge in [-0.1, -0.05) is 80.2 Å². The van der Waals surface area contributed by atoms with Crippen LogP contribution in [0.25, 0.3) is 54.6 Å². The summed E-state index contributed by atoms with van der Waals surface area (Å²) in [7, 11) is 0. The Morgan fingerprint density at radius 3 is 1.65 bits per heavy atom. The van der Waals surface area contributed by atoms with E-state index in [1.165, 1.54) is 12.1 Å². The lowest BCUT2D eigenvalue weighted by molar-refractivity contribution is 0.629. The van der Waals surface area contributed by atoms with Gasteiger partial charge in [0.1, 0.15) is 11.9 Å². The van der Waals surface area contributed by atoms with Gasteiger partial charge in [0.15, 0.2) is 0 Å². The molecular formula is C33H22FN3. The molecule has 0 aliphatic rings. The maximum absolute atomic E-state index is 14.6. The smallest absolute Gasteiger partial charge is 0.225 e. The topological polar surface area (TPSA) is 33.1 Å². The van der Waals surface area contributed by atoms with Crippen LogP contribution in [0.1, 0.15) is 13.0 Å². The van der Waals surface area contributed by atoms with Gasteiger partial charge in [0.25, 0.3) is 0 Å². The zero-order chi connectivity index (χ0) is 24.6. The van der Waals surface area contributed by atoms with E-state index in [0.29, 0.717) is 5.69 Å². The van der Waals surface area contributed by atoms with Gasteiger partial charge in [-0.05, 0) is 58.7 Å². The lowest BCUT2D eigenvalue weighted by Crippen LogP contribution is -1.96. The lowest BCUT2D eigenvalue weighted by atomic mass is 10.0. The first-order valence-corrected chi connectivity index (χ1v) is 11.5. The Morgan fingerprint density at radius 2 is 1.19 bits per heavy atom. The minimum absolute atomic E-state index is 0. The van der Waals surface area contributed by atoms with Gasteiger partial charge in [-0.3, -0.25) is 0 Å². The Kier molecular flexibility index (Phi) is 6.02. The summed E-state index contributed by atoms with van der Waals surface area (Å²) in [5, 5.41) is 11.6. The van der Waals surface area contributed by atoms with E-state index >= 15 is 0 Å². The van der Waals surface area contributed by atoms with E-state index in [0.717, 1.165) is 44.1 Å². The van der Waals surface area contributed by atoms with Crippen molar-refractivity contribution in [3.8, 4) is 34.0 Å². The highest BCUT2D eigenvalue weighted by Gasteiger charge is 2.18. The molecule has 0 aliphatic heterocycles. The van der Waals surface area contributed by atoms with Crippen molar-refractivity contribution in [1.82, 2.24) is 4.57 Å². The third-order valence-corrected chi connectivity index (χ3v) is 6.52. The zero-order valence-electron chi connectivity index (χ0n) is 19.1. The molecule has 6 aromatic rings. The molecule has 6 rings (SSSR count). The molecule has 0 aliphatic carbocycles. The summed E-state index contributed by atoms with van der Waals surface area (Å²) in [6.45, 7) is 7.42. The minimum atomic E-state index is -0.783. The molecule has 4 heteroatoms. The quantitative estimate of drug-likeness (QED) is 0.233. The van der Waals surface area contributed by atoms with Crippen molar-refractivity contribution in [2.75, 3.05) is 0 Å². The van der Waals surface area contributed by atoms with E-state index in [1.54, 1.807) is 0 Å². The number of rotatable bonds is 3. The molecule has 0 bridgehead atoms. The minimum Gasteiger partial charge on any atom is -0.310 e. The normalized spacial score (nSPS) is 10.6. The molecule has 0 saturated carbocycles. The Labute approximate surface area is 215 Å². The standard InChI is InChI=1S/C32H18FN3.CH4/c1-35-29-19-26(16-25(20-34)32(29)33)36-30-14-12-23(21-8-4-2-5-9-21)17-27(30)28-18-24(13-15-31(28)36)22-10-6-3-7-11-22;/h2-19H;1H4. The maximum atomic E-state index is 14.6. The average Bonchev–Trinajstić information content (AvgIpc) is 3.27. The van der Waals surface area contributed by atoms with E-state index in [4.69, 9.17) is 6.57 Å². The van der Waals surface area contributed by atoms with Gasteiger partial charge >= 0.3 is 0 Å². The molecule has 1 aromatic heterocycles. The summed E-state index contributed by atoms with van der Waals surface area (Å²) in [5.74, 6) is -0.783. The van der Waals surface area contributed by atoms with Crippen LogP contribution in [-0.2, 0) is 0 Å². The highest BCUT2D eigenvalue weighted by Crippen LogP contribution is 2.38. The summed E-state index contributed by atoms with van der Waals surface area (Å²) >= 11 is 0. The molecular weight excluding hydrogens is 457 g/mol. The van der Waals surface area contributed by atoms with E-state index in [-0.39, 0.29) is 18.7 Å². The number of hydrogen-bond donors (Lipinski definition) is 0. The largest absolute Gasteiger partial charge is 0.310 e. The summed E-state index contributed by atoms with van der Waals surface area (Å²) in [6, 6.07) is 37.9. The Bertz CT molecular complexity index is 1720. The fourth-order valence-electron chi connectivity index (χ4n) is 4.81. The van der Waals surface area contributed by atoms with Gasteiger partial charge in [-0.2, -0.15) is 5.26 Å². The Hall–Kier alpha value is -5.19. The van der Waals surface area contributed by atoms with E-state index < -0.39 is 5.82 Å². The first kappa shape index (κ1) is 23.5. The molecule has 0 N–H and O–H groups in total.